The van der Waals surface area contributed by atoms with Crippen LogP contribution in [0.1, 0.15) is 12.8 Å². The van der Waals surface area contributed by atoms with Gasteiger partial charge in [0.1, 0.15) is 0 Å². The van der Waals surface area contributed by atoms with Crippen LogP contribution in [-0.2, 0) is 4.74 Å². The summed E-state index contributed by atoms with van der Waals surface area (Å²) in [5.41, 5.74) is 0. The molecule has 1 saturated heterocycles. The zero-order valence-corrected chi connectivity index (χ0v) is 11.2. The lowest BCUT2D eigenvalue weighted by atomic mass is 9.93. The molecule has 1 aromatic carbocycles. The summed E-state index contributed by atoms with van der Waals surface area (Å²) in [7, 11) is 2.08. The standard InChI is InChI=1S/C14H21NOS/c1-15-14(12-7-9-16-10-8-12)11-17-13-5-3-2-4-6-13/h2-6,12,14-15H,7-11H2,1H3. The number of hydrogen-bond acceptors (Lipinski definition) is 3. The minimum Gasteiger partial charge on any atom is -0.381 e. The Balaban J connectivity index is 1.82. The fourth-order valence-electron chi connectivity index (χ4n) is 2.28. The second-order valence-corrected chi connectivity index (χ2v) is 5.56. The maximum Gasteiger partial charge on any atom is 0.0469 e. The van der Waals surface area contributed by atoms with Crippen LogP contribution in [0.5, 0.6) is 0 Å². The fourth-order valence-corrected chi connectivity index (χ4v) is 3.44. The fraction of sp³-hybridized carbons (Fsp3) is 0.571. The van der Waals surface area contributed by atoms with Crippen molar-refractivity contribution in [2.45, 2.75) is 23.8 Å². The highest BCUT2D eigenvalue weighted by Crippen LogP contribution is 2.25. The quantitative estimate of drug-likeness (QED) is 0.813. The molecule has 0 saturated carbocycles. The van der Waals surface area contributed by atoms with Crippen molar-refractivity contribution in [2.75, 3.05) is 26.0 Å². The van der Waals surface area contributed by atoms with Gasteiger partial charge in [0.2, 0.25) is 0 Å². The predicted molar refractivity (Wildman–Crippen MR) is 73.6 cm³/mol. The van der Waals surface area contributed by atoms with E-state index in [1.807, 2.05) is 11.8 Å². The van der Waals surface area contributed by atoms with Crippen molar-refractivity contribution in [2.24, 2.45) is 5.92 Å². The van der Waals surface area contributed by atoms with Crippen molar-refractivity contribution in [3.05, 3.63) is 30.3 Å². The Morgan fingerprint density at radius 2 is 2.00 bits per heavy atom. The Kier molecular flexibility index (Phi) is 5.36. The Hall–Kier alpha value is -0.510. The Morgan fingerprint density at radius 1 is 1.29 bits per heavy atom. The monoisotopic (exact) mass is 251 g/mol. The lowest BCUT2D eigenvalue weighted by Gasteiger charge is -2.29. The molecule has 17 heavy (non-hydrogen) atoms. The molecule has 1 heterocycles. The molecule has 3 heteroatoms. The maximum atomic E-state index is 5.42. The number of thioether (sulfide) groups is 1. The second kappa shape index (κ2) is 7.04. The summed E-state index contributed by atoms with van der Waals surface area (Å²) in [6.07, 6.45) is 2.39. The van der Waals surface area contributed by atoms with Crippen LogP contribution < -0.4 is 5.32 Å². The number of ether oxygens (including phenoxy) is 1. The van der Waals surface area contributed by atoms with Crippen LogP contribution in [0.15, 0.2) is 35.2 Å². The van der Waals surface area contributed by atoms with Crippen LogP contribution >= 0.6 is 11.8 Å². The van der Waals surface area contributed by atoms with Gasteiger partial charge in [-0.05, 0) is 37.9 Å². The van der Waals surface area contributed by atoms with Gasteiger partial charge in [0.05, 0.1) is 0 Å². The molecule has 0 bridgehead atoms. The molecular weight excluding hydrogens is 230 g/mol. The molecular formula is C14H21NOS. The third-order valence-electron chi connectivity index (χ3n) is 3.38. The molecule has 0 radical (unpaired) electrons. The van der Waals surface area contributed by atoms with E-state index in [9.17, 15) is 0 Å². The Bertz CT molecular complexity index is 311. The van der Waals surface area contributed by atoms with Crippen LogP contribution in [-0.4, -0.2) is 32.1 Å². The molecule has 0 spiro atoms. The predicted octanol–water partition coefficient (Wildman–Crippen LogP) is 2.79. The van der Waals surface area contributed by atoms with Crippen LogP contribution in [0.2, 0.25) is 0 Å². The zero-order chi connectivity index (χ0) is 11.9. The SMILES string of the molecule is CNC(CSc1ccccc1)C1CCOCC1. The van der Waals surface area contributed by atoms with Crippen LogP contribution in [0, 0.1) is 5.92 Å². The van der Waals surface area contributed by atoms with E-state index in [2.05, 4.69) is 42.7 Å². The molecule has 1 N–H and O–H groups in total. The molecule has 1 fully saturated rings. The average Bonchev–Trinajstić information content (AvgIpc) is 2.42. The molecule has 1 unspecified atom stereocenters. The van der Waals surface area contributed by atoms with Gasteiger partial charge in [0.25, 0.3) is 0 Å². The molecule has 0 aromatic heterocycles. The van der Waals surface area contributed by atoms with Crippen molar-refractivity contribution >= 4 is 11.8 Å². The van der Waals surface area contributed by atoms with E-state index in [1.54, 1.807) is 0 Å². The van der Waals surface area contributed by atoms with Crippen molar-refractivity contribution in [3.8, 4) is 0 Å². The Labute approximate surface area is 108 Å². The second-order valence-electron chi connectivity index (χ2n) is 4.47. The normalized spacial score (nSPS) is 19.1. The molecule has 94 valence electrons. The summed E-state index contributed by atoms with van der Waals surface area (Å²) >= 11 is 1.94. The molecule has 0 amide bonds. The number of nitrogens with one attached hydrogen (secondary N) is 1. The first-order chi connectivity index (χ1) is 8.40. The first kappa shape index (κ1) is 12.9. The lowest BCUT2D eigenvalue weighted by molar-refractivity contribution is 0.0575. The minimum absolute atomic E-state index is 0.601. The van der Waals surface area contributed by atoms with E-state index in [0.29, 0.717) is 6.04 Å². The number of benzene rings is 1. The van der Waals surface area contributed by atoms with E-state index in [4.69, 9.17) is 4.74 Å². The highest BCUT2D eigenvalue weighted by Gasteiger charge is 2.22. The molecule has 0 aliphatic carbocycles. The summed E-state index contributed by atoms with van der Waals surface area (Å²) < 4.78 is 5.42. The van der Waals surface area contributed by atoms with Gasteiger partial charge in [0.15, 0.2) is 0 Å². The third kappa shape index (κ3) is 4.02. The topological polar surface area (TPSA) is 21.3 Å². The summed E-state index contributed by atoms with van der Waals surface area (Å²) in [5.74, 6) is 1.91. The molecule has 1 atom stereocenters. The van der Waals surface area contributed by atoms with E-state index in [-0.39, 0.29) is 0 Å². The van der Waals surface area contributed by atoms with Crippen molar-refractivity contribution in [3.63, 3.8) is 0 Å². The Morgan fingerprint density at radius 3 is 2.65 bits per heavy atom. The first-order valence-corrected chi connectivity index (χ1v) is 7.31. The van der Waals surface area contributed by atoms with Gasteiger partial charge in [-0.3, -0.25) is 0 Å². The van der Waals surface area contributed by atoms with Gasteiger partial charge in [0, 0.05) is 29.9 Å². The average molecular weight is 251 g/mol. The zero-order valence-electron chi connectivity index (χ0n) is 10.4. The maximum absolute atomic E-state index is 5.42. The largest absolute Gasteiger partial charge is 0.381 e. The van der Waals surface area contributed by atoms with Crippen molar-refractivity contribution in [1.29, 1.82) is 0 Å². The molecule has 2 nitrogen and oxygen atoms in total. The van der Waals surface area contributed by atoms with E-state index >= 15 is 0 Å². The molecule has 1 aliphatic heterocycles. The van der Waals surface area contributed by atoms with Crippen molar-refractivity contribution < 1.29 is 4.74 Å². The smallest absolute Gasteiger partial charge is 0.0469 e. The van der Waals surface area contributed by atoms with Gasteiger partial charge in [-0.25, -0.2) is 0 Å². The summed E-state index contributed by atoms with van der Waals surface area (Å²) in [6, 6.07) is 11.2. The van der Waals surface area contributed by atoms with Gasteiger partial charge in [-0.1, -0.05) is 18.2 Å². The van der Waals surface area contributed by atoms with E-state index in [1.165, 1.54) is 17.7 Å². The summed E-state index contributed by atoms with van der Waals surface area (Å²) in [5, 5.41) is 3.47. The highest BCUT2D eigenvalue weighted by molar-refractivity contribution is 7.99. The van der Waals surface area contributed by atoms with Crippen molar-refractivity contribution in [1.82, 2.24) is 5.32 Å². The van der Waals surface area contributed by atoms with Gasteiger partial charge < -0.3 is 10.1 Å². The number of hydrogen-bond donors (Lipinski definition) is 1. The minimum atomic E-state index is 0.601. The molecule has 1 aromatic rings. The van der Waals surface area contributed by atoms with E-state index in [0.717, 1.165) is 24.9 Å². The summed E-state index contributed by atoms with van der Waals surface area (Å²) in [6.45, 7) is 1.86. The van der Waals surface area contributed by atoms with Crippen LogP contribution in [0.4, 0.5) is 0 Å². The van der Waals surface area contributed by atoms with E-state index < -0.39 is 0 Å². The van der Waals surface area contributed by atoms with Gasteiger partial charge >= 0.3 is 0 Å². The third-order valence-corrected chi connectivity index (χ3v) is 4.51. The van der Waals surface area contributed by atoms with Gasteiger partial charge in [-0.15, -0.1) is 11.8 Å². The summed E-state index contributed by atoms with van der Waals surface area (Å²) in [4.78, 5) is 1.36. The molecule has 2 rings (SSSR count). The lowest BCUT2D eigenvalue weighted by Crippen LogP contribution is -2.38. The van der Waals surface area contributed by atoms with Crippen LogP contribution in [0.25, 0.3) is 0 Å². The number of rotatable bonds is 5. The molecule has 1 aliphatic rings. The highest BCUT2D eigenvalue weighted by atomic mass is 32.2. The van der Waals surface area contributed by atoms with Gasteiger partial charge in [-0.2, -0.15) is 0 Å². The first-order valence-electron chi connectivity index (χ1n) is 6.33. The van der Waals surface area contributed by atoms with Crippen LogP contribution in [0.3, 0.4) is 0 Å².